The number of nitrogens with zero attached hydrogens (tertiary/aromatic N) is 1. The van der Waals surface area contributed by atoms with Crippen molar-refractivity contribution in [3.63, 3.8) is 0 Å². The molecular formula is C13H14INO4. The smallest absolute Gasteiger partial charge is 0.326 e. The summed E-state index contributed by atoms with van der Waals surface area (Å²) in [4.78, 5) is 24.9. The van der Waals surface area contributed by atoms with E-state index in [9.17, 15) is 19.8 Å². The summed E-state index contributed by atoms with van der Waals surface area (Å²) in [6, 6.07) is 3.84. The normalized spacial score (nSPS) is 22.5. The Balaban J connectivity index is 2.28. The summed E-state index contributed by atoms with van der Waals surface area (Å²) < 4.78 is 0.652. The number of benzene rings is 1. The average Bonchev–Trinajstić information content (AvgIpc) is 2.74. The Labute approximate surface area is 124 Å². The minimum atomic E-state index is -0.979. The highest BCUT2D eigenvalue weighted by Crippen LogP contribution is 2.27. The van der Waals surface area contributed by atoms with Crippen LogP contribution < -0.4 is 0 Å². The van der Waals surface area contributed by atoms with Gasteiger partial charge in [0, 0.05) is 12.1 Å². The van der Waals surface area contributed by atoms with Gasteiger partial charge in [-0.2, -0.15) is 0 Å². The summed E-state index contributed by atoms with van der Waals surface area (Å²) in [5.74, 6) is -1.35. The van der Waals surface area contributed by atoms with E-state index < -0.39 is 12.0 Å². The average molecular weight is 375 g/mol. The van der Waals surface area contributed by atoms with Crippen molar-refractivity contribution in [2.45, 2.75) is 19.4 Å². The van der Waals surface area contributed by atoms with Crippen LogP contribution in [0.1, 0.15) is 23.7 Å². The van der Waals surface area contributed by atoms with Crippen LogP contribution >= 0.6 is 22.6 Å². The molecule has 2 atom stereocenters. The third-order valence-corrected chi connectivity index (χ3v) is 4.32. The summed E-state index contributed by atoms with van der Waals surface area (Å²) >= 11 is 1.96. The Morgan fingerprint density at radius 3 is 2.68 bits per heavy atom. The molecule has 1 aromatic carbocycles. The molecule has 0 bridgehead atoms. The van der Waals surface area contributed by atoms with Gasteiger partial charge in [-0.1, -0.05) is 6.92 Å². The molecule has 2 N–H and O–H groups in total. The second-order valence-electron chi connectivity index (χ2n) is 4.71. The number of carboxylic acid groups (broad SMARTS) is 1. The van der Waals surface area contributed by atoms with Crippen LogP contribution in [-0.2, 0) is 4.79 Å². The number of carboxylic acids is 1. The van der Waals surface area contributed by atoms with Gasteiger partial charge < -0.3 is 15.1 Å². The molecule has 6 heteroatoms. The lowest BCUT2D eigenvalue weighted by molar-refractivity contribution is -0.142. The van der Waals surface area contributed by atoms with Gasteiger partial charge >= 0.3 is 5.97 Å². The topological polar surface area (TPSA) is 77.8 Å². The zero-order valence-electron chi connectivity index (χ0n) is 10.3. The minimum Gasteiger partial charge on any atom is -0.507 e. The van der Waals surface area contributed by atoms with Crippen LogP contribution in [0.25, 0.3) is 0 Å². The quantitative estimate of drug-likeness (QED) is 0.775. The lowest BCUT2D eigenvalue weighted by Gasteiger charge is -2.23. The zero-order chi connectivity index (χ0) is 14.2. The number of carbonyl (C=O) groups excluding carboxylic acids is 1. The number of aliphatic carboxylic acids is 1. The molecular weight excluding hydrogens is 361 g/mol. The lowest BCUT2D eigenvalue weighted by atomic mass is 10.0. The summed E-state index contributed by atoms with van der Waals surface area (Å²) in [5, 5.41) is 18.8. The van der Waals surface area contributed by atoms with E-state index >= 15 is 0 Å². The molecule has 0 spiro atoms. The molecule has 0 saturated carbocycles. The van der Waals surface area contributed by atoms with Crippen molar-refractivity contribution in [3.8, 4) is 5.75 Å². The van der Waals surface area contributed by atoms with Gasteiger partial charge in [0.1, 0.15) is 11.8 Å². The van der Waals surface area contributed by atoms with Gasteiger partial charge in [0.2, 0.25) is 0 Å². The maximum absolute atomic E-state index is 12.3. The van der Waals surface area contributed by atoms with Crippen LogP contribution in [0.4, 0.5) is 0 Å². The maximum Gasteiger partial charge on any atom is 0.326 e. The van der Waals surface area contributed by atoms with Crippen molar-refractivity contribution in [1.29, 1.82) is 0 Å². The van der Waals surface area contributed by atoms with Crippen LogP contribution in [0.5, 0.6) is 5.75 Å². The summed E-state index contributed by atoms with van der Waals surface area (Å²) in [6.45, 7) is 2.27. The number of likely N-dealkylation sites (tertiary alicyclic amines) is 1. The van der Waals surface area contributed by atoms with Crippen molar-refractivity contribution in [2.75, 3.05) is 6.54 Å². The van der Waals surface area contributed by atoms with E-state index in [1.165, 1.54) is 11.0 Å². The standard InChI is InChI=1S/C13H14INO4/c1-7-4-5-15(11(7)13(18)19)12(17)8-2-3-9(14)10(16)6-8/h2-3,6-7,11,16H,4-5H2,1H3,(H,18,19). The van der Waals surface area contributed by atoms with E-state index in [0.29, 0.717) is 22.1 Å². The fraction of sp³-hybridized carbons (Fsp3) is 0.385. The van der Waals surface area contributed by atoms with Gasteiger partial charge in [-0.25, -0.2) is 4.79 Å². The molecule has 2 unspecified atom stereocenters. The second kappa shape index (κ2) is 5.36. The van der Waals surface area contributed by atoms with E-state index in [-0.39, 0.29) is 17.6 Å². The van der Waals surface area contributed by atoms with Crippen molar-refractivity contribution in [1.82, 2.24) is 4.90 Å². The molecule has 1 heterocycles. The molecule has 5 nitrogen and oxygen atoms in total. The number of phenols is 1. The predicted octanol–water partition coefficient (Wildman–Crippen LogP) is 1.93. The van der Waals surface area contributed by atoms with Gasteiger partial charge in [-0.3, -0.25) is 4.79 Å². The van der Waals surface area contributed by atoms with Crippen LogP contribution in [0.3, 0.4) is 0 Å². The number of amides is 1. The van der Waals surface area contributed by atoms with E-state index in [1.54, 1.807) is 12.1 Å². The summed E-state index contributed by atoms with van der Waals surface area (Å²) in [7, 11) is 0. The highest BCUT2D eigenvalue weighted by molar-refractivity contribution is 14.1. The second-order valence-corrected chi connectivity index (χ2v) is 5.88. The molecule has 1 saturated heterocycles. The Morgan fingerprint density at radius 1 is 1.42 bits per heavy atom. The first kappa shape index (κ1) is 14.1. The van der Waals surface area contributed by atoms with Crippen LogP contribution in [-0.4, -0.2) is 39.6 Å². The summed E-state index contributed by atoms with van der Waals surface area (Å²) in [6.07, 6.45) is 0.680. The highest BCUT2D eigenvalue weighted by atomic mass is 127. The minimum absolute atomic E-state index is 0.0329. The predicted molar refractivity (Wildman–Crippen MR) is 77.1 cm³/mol. The molecule has 0 aromatic heterocycles. The number of aromatic hydroxyl groups is 1. The number of rotatable bonds is 2. The first-order valence-electron chi connectivity index (χ1n) is 5.94. The van der Waals surface area contributed by atoms with Crippen LogP contribution in [0, 0.1) is 9.49 Å². The zero-order valence-corrected chi connectivity index (χ0v) is 12.5. The number of hydrogen-bond donors (Lipinski definition) is 2. The molecule has 102 valence electrons. The third kappa shape index (κ3) is 2.68. The van der Waals surface area contributed by atoms with Gasteiger partial charge in [0.05, 0.1) is 3.57 Å². The largest absolute Gasteiger partial charge is 0.507 e. The fourth-order valence-electron chi connectivity index (χ4n) is 2.36. The highest BCUT2D eigenvalue weighted by Gasteiger charge is 2.39. The Hall–Kier alpha value is -1.31. The number of carbonyl (C=O) groups is 2. The molecule has 1 amide bonds. The van der Waals surface area contributed by atoms with Gasteiger partial charge in [0.15, 0.2) is 0 Å². The first-order chi connectivity index (χ1) is 8.91. The van der Waals surface area contributed by atoms with E-state index in [1.807, 2.05) is 29.5 Å². The molecule has 2 rings (SSSR count). The molecule has 1 aliphatic heterocycles. The molecule has 1 aliphatic rings. The van der Waals surface area contributed by atoms with E-state index in [0.717, 1.165) is 0 Å². The molecule has 1 fully saturated rings. The molecule has 0 aliphatic carbocycles. The Kier molecular flexibility index (Phi) is 3.98. The molecule has 1 aromatic rings. The SMILES string of the molecule is CC1CCN(C(=O)c2ccc(I)c(O)c2)C1C(=O)O. The number of halogens is 1. The van der Waals surface area contributed by atoms with E-state index in [4.69, 9.17) is 0 Å². The fourth-order valence-corrected chi connectivity index (χ4v) is 2.70. The Bertz CT molecular complexity index is 531. The van der Waals surface area contributed by atoms with Crippen LogP contribution in [0.15, 0.2) is 18.2 Å². The molecule has 19 heavy (non-hydrogen) atoms. The number of phenolic OH excluding ortho intramolecular Hbond substituents is 1. The Morgan fingerprint density at radius 2 is 2.11 bits per heavy atom. The van der Waals surface area contributed by atoms with Crippen molar-refractivity contribution in [3.05, 3.63) is 27.3 Å². The van der Waals surface area contributed by atoms with Gasteiger partial charge in [-0.05, 0) is 53.1 Å². The van der Waals surface area contributed by atoms with Crippen LogP contribution in [0.2, 0.25) is 0 Å². The monoisotopic (exact) mass is 375 g/mol. The summed E-state index contributed by atoms with van der Waals surface area (Å²) in [5.41, 5.74) is 0.318. The first-order valence-corrected chi connectivity index (χ1v) is 7.02. The maximum atomic E-state index is 12.3. The van der Waals surface area contributed by atoms with Crippen molar-refractivity contribution < 1.29 is 19.8 Å². The molecule has 0 radical (unpaired) electrons. The van der Waals surface area contributed by atoms with Gasteiger partial charge in [-0.15, -0.1) is 0 Å². The van der Waals surface area contributed by atoms with Crippen molar-refractivity contribution >= 4 is 34.5 Å². The van der Waals surface area contributed by atoms with E-state index in [2.05, 4.69) is 0 Å². The lowest BCUT2D eigenvalue weighted by Crippen LogP contribution is -2.42. The van der Waals surface area contributed by atoms with Crippen molar-refractivity contribution in [2.24, 2.45) is 5.92 Å². The third-order valence-electron chi connectivity index (χ3n) is 3.41. The van der Waals surface area contributed by atoms with Gasteiger partial charge in [0.25, 0.3) is 5.91 Å². The number of hydrogen-bond acceptors (Lipinski definition) is 3.